The Bertz CT molecular complexity index is 330. The van der Waals surface area contributed by atoms with Crippen LogP contribution in [-0.2, 0) is 13.5 Å². The fraction of sp³-hybridized carbons (Fsp3) is 0.583. The highest BCUT2D eigenvalue weighted by atomic mass is 15.3. The summed E-state index contributed by atoms with van der Waals surface area (Å²) in [6.07, 6.45) is 6.01. The molecule has 0 aliphatic rings. The molecule has 1 rings (SSSR count). The molecule has 0 saturated heterocycles. The van der Waals surface area contributed by atoms with E-state index < -0.39 is 0 Å². The normalized spacial score (nSPS) is 12.7. The summed E-state index contributed by atoms with van der Waals surface area (Å²) in [5, 5.41) is 4.43. The summed E-state index contributed by atoms with van der Waals surface area (Å²) in [7, 11) is 1.96. The van der Waals surface area contributed by atoms with Gasteiger partial charge in [-0.15, -0.1) is 6.58 Å². The maximum Gasteiger partial charge on any atom is 0.0629 e. The summed E-state index contributed by atoms with van der Waals surface area (Å²) in [5.41, 5.74) is 5.13. The van der Waals surface area contributed by atoms with E-state index in [1.54, 1.807) is 0 Å². The van der Waals surface area contributed by atoms with Crippen molar-refractivity contribution in [3.8, 4) is 0 Å². The van der Waals surface area contributed by atoms with Gasteiger partial charge in [0.1, 0.15) is 0 Å². The van der Waals surface area contributed by atoms with Crippen LogP contribution in [-0.4, -0.2) is 9.78 Å². The van der Waals surface area contributed by atoms with Crippen molar-refractivity contribution < 1.29 is 0 Å². The van der Waals surface area contributed by atoms with Crippen molar-refractivity contribution in [2.45, 2.75) is 38.6 Å². The molecule has 0 bridgehead atoms. The lowest BCUT2D eigenvalue weighted by Crippen LogP contribution is -2.29. The first-order chi connectivity index (χ1) is 7.72. The van der Waals surface area contributed by atoms with Crippen LogP contribution in [0.25, 0.3) is 0 Å². The Labute approximate surface area is 97.5 Å². The summed E-state index contributed by atoms with van der Waals surface area (Å²) >= 11 is 0. The maximum atomic E-state index is 5.59. The number of allylic oxidation sites excluding steroid dienone is 1. The highest BCUT2D eigenvalue weighted by Crippen LogP contribution is 2.19. The smallest absolute Gasteiger partial charge is 0.0629 e. The van der Waals surface area contributed by atoms with E-state index in [-0.39, 0.29) is 6.04 Å². The zero-order valence-corrected chi connectivity index (χ0v) is 10.2. The zero-order chi connectivity index (χ0) is 12.0. The molecule has 0 radical (unpaired) electrons. The van der Waals surface area contributed by atoms with Crippen LogP contribution in [0, 0.1) is 0 Å². The van der Waals surface area contributed by atoms with Gasteiger partial charge in [-0.3, -0.25) is 16.0 Å². The van der Waals surface area contributed by atoms with E-state index in [2.05, 4.69) is 30.1 Å². The lowest BCUT2D eigenvalue weighted by molar-refractivity contribution is 0.468. The number of nitrogens with two attached hydrogens (primary N) is 1. The molecule has 4 nitrogen and oxygen atoms in total. The number of nitrogens with one attached hydrogen (secondary N) is 1. The van der Waals surface area contributed by atoms with Crippen molar-refractivity contribution in [1.29, 1.82) is 0 Å². The fourth-order valence-corrected chi connectivity index (χ4v) is 1.83. The Morgan fingerprint density at radius 2 is 2.44 bits per heavy atom. The molecule has 0 fully saturated rings. The Kier molecular flexibility index (Phi) is 5.22. The SMILES string of the molecule is C=CCCCC(NN)c1cc(CC)nn1C. The van der Waals surface area contributed by atoms with Gasteiger partial charge >= 0.3 is 0 Å². The molecule has 1 heterocycles. The highest BCUT2D eigenvalue weighted by Gasteiger charge is 2.14. The average Bonchev–Trinajstić information content (AvgIpc) is 2.66. The van der Waals surface area contributed by atoms with Crippen LogP contribution in [0.15, 0.2) is 18.7 Å². The quantitative estimate of drug-likeness (QED) is 0.320. The van der Waals surface area contributed by atoms with Crippen molar-refractivity contribution in [2.24, 2.45) is 12.9 Å². The van der Waals surface area contributed by atoms with Crippen LogP contribution in [0.4, 0.5) is 0 Å². The summed E-state index contributed by atoms with van der Waals surface area (Å²) in [5.74, 6) is 5.59. The van der Waals surface area contributed by atoms with Gasteiger partial charge in [-0.05, 0) is 31.7 Å². The van der Waals surface area contributed by atoms with Crippen molar-refractivity contribution in [1.82, 2.24) is 15.2 Å². The third-order valence-corrected chi connectivity index (χ3v) is 2.79. The molecule has 0 aliphatic heterocycles. The monoisotopic (exact) mass is 222 g/mol. The van der Waals surface area contributed by atoms with Gasteiger partial charge in [-0.1, -0.05) is 13.0 Å². The standard InChI is InChI=1S/C12H22N4/c1-4-6-7-8-11(14-13)12-9-10(5-2)15-16(12)3/h4,9,11,14H,1,5-8,13H2,2-3H3. The van der Waals surface area contributed by atoms with Crippen LogP contribution < -0.4 is 11.3 Å². The molecule has 1 atom stereocenters. The van der Waals surface area contributed by atoms with Crippen molar-refractivity contribution in [3.63, 3.8) is 0 Å². The van der Waals surface area contributed by atoms with Crippen LogP contribution in [0.1, 0.15) is 43.6 Å². The first-order valence-corrected chi connectivity index (χ1v) is 5.82. The van der Waals surface area contributed by atoms with Gasteiger partial charge in [-0.2, -0.15) is 5.10 Å². The minimum atomic E-state index is 0.178. The molecule has 0 aromatic carbocycles. The first-order valence-electron chi connectivity index (χ1n) is 5.82. The predicted molar refractivity (Wildman–Crippen MR) is 66.7 cm³/mol. The van der Waals surface area contributed by atoms with E-state index in [1.807, 2.05) is 17.8 Å². The van der Waals surface area contributed by atoms with E-state index in [0.717, 1.165) is 37.1 Å². The Balaban J connectivity index is 2.69. The van der Waals surface area contributed by atoms with Gasteiger partial charge in [0.15, 0.2) is 0 Å². The van der Waals surface area contributed by atoms with Crippen LogP contribution >= 0.6 is 0 Å². The zero-order valence-electron chi connectivity index (χ0n) is 10.2. The molecule has 16 heavy (non-hydrogen) atoms. The van der Waals surface area contributed by atoms with E-state index in [4.69, 9.17) is 5.84 Å². The van der Waals surface area contributed by atoms with E-state index in [9.17, 15) is 0 Å². The second-order valence-electron chi connectivity index (χ2n) is 3.98. The molecule has 0 saturated carbocycles. The van der Waals surface area contributed by atoms with Crippen molar-refractivity contribution in [2.75, 3.05) is 0 Å². The number of rotatable bonds is 7. The van der Waals surface area contributed by atoms with Crippen molar-refractivity contribution >= 4 is 0 Å². The van der Waals surface area contributed by atoms with Gasteiger partial charge in [0.25, 0.3) is 0 Å². The Morgan fingerprint density at radius 1 is 1.69 bits per heavy atom. The number of aryl methyl sites for hydroxylation is 2. The van der Waals surface area contributed by atoms with Gasteiger partial charge in [-0.25, -0.2) is 0 Å². The molecule has 1 unspecified atom stereocenters. The molecule has 0 aliphatic carbocycles. The first kappa shape index (κ1) is 12.9. The summed E-state index contributed by atoms with van der Waals surface area (Å²) in [6.45, 7) is 5.83. The molecule has 0 amide bonds. The molecular formula is C12H22N4. The number of hydrazine groups is 1. The van der Waals surface area contributed by atoms with E-state index in [1.165, 1.54) is 0 Å². The van der Waals surface area contributed by atoms with E-state index >= 15 is 0 Å². The molecule has 3 N–H and O–H groups in total. The summed E-state index contributed by atoms with van der Waals surface area (Å²) in [6, 6.07) is 2.30. The molecule has 0 spiro atoms. The Morgan fingerprint density at radius 3 is 2.94 bits per heavy atom. The largest absolute Gasteiger partial charge is 0.271 e. The second-order valence-corrected chi connectivity index (χ2v) is 3.98. The number of hydrogen-bond acceptors (Lipinski definition) is 3. The Hall–Kier alpha value is -1.13. The van der Waals surface area contributed by atoms with Gasteiger partial charge in [0.05, 0.1) is 17.4 Å². The van der Waals surface area contributed by atoms with Crippen LogP contribution in [0.5, 0.6) is 0 Å². The third kappa shape index (κ3) is 3.18. The number of hydrogen-bond donors (Lipinski definition) is 2. The minimum absolute atomic E-state index is 0.178. The minimum Gasteiger partial charge on any atom is -0.271 e. The van der Waals surface area contributed by atoms with Crippen molar-refractivity contribution in [3.05, 3.63) is 30.1 Å². The predicted octanol–water partition coefficient (Wildman–Crippen LogP) is 1.84. The molecule has 90 valence electrons. The molecule has 1 aromatic rings. The van der Waals surface area contributed by atoms with E-state index in [0.29, 0.717) is 0 Å². The topological polar surface area (TPSA) is 55.9 Å². The van der Waals surface area contributed by atoms with Gasteiger partial charge in [0.2, 0.25) is 0 Å². The molecule has 1 aromatic heterocycles. The number of aromatic nitrogens is 2. The maximum absolute atomic E-state index is 5.59. The lowest BCUT2D eigenvalue weighted by atomic mass is 10.1. The highest BCUT2D eigenvalue weighted by molar-refractivity contribution is 5.14. The summed E-state index contributed by atoms with van der Waals surface area (Å²) in [4.78, 5) is 0. The second kappa shape index (κ2) is 6.45. The number of unbranched alkanes of at least 4 members (excludes halogenated alkanes) is 1. The lowest BCUT2D eigenvalue weighted by Gasteiger charge is -2.15. The third-order valence-electron chi connectivity index (χ3n) is 2.79. The van der Waals surface area contributed by atoms with Gasteiger partial charge in [0, 0.05) is 7.05 Å². The van der Waals surface area contributed by atoms with Gasteiger partial charge < -0.3 is 0 Å². The molecular weight excluding hydrogens is 200 g/mol. The molecule has 4 heteroatoms. The van der Waals surface area contributed by atoms with Crippen LogP contribution in [0.2, 0.25) is 0 Å². The summed E-state index contributed by atoms with van der Waals surface area (Å²) < 4.78 is 1.91. The number of nitrogens with zero attached hydrogens (tertiary/aromatic N) is 2. The fourth-order valence-electron chi connectivity index (χ4n) is 1.83. The van der Waals surface area contributed by atoms with Crippen LogP contribution in [0.3, 0.4) is 0 Å². The average molecular weight is 222 g/mol.